The second-order valence-electron chi connectivity index (χ2n) is 5.19. The molecule has 1 aliphatic rings. The Hall–Kier alpha value is -1.14. The number of hydrogen-bond acceptors (Lipinski definition) is 5. The highest BCUT2D eigenvalue weighted by atomic mass is 32.2. The van der Waals surface area contributed by atoms with E-state index in [1.165, 1.54) is 11.1 Å². The molecule has 102 valence electrons. The summed E-state index contributed by atoms with van der Waals surface area (Å²) in [7, 11) is -2.85. The van der Waals surface area contributed by atoms with Crippen molar-refractivity contribution < 1.29 is 8.42 Å². The van der Waals surface area contributed by atoms with Gasteiger partial charge in [0.25, 0.3) is 0 Å². The van der Waals surface area contributed by atoms with Crippen LogP contribution in [0.15, 0.2) is 12.1 Å². The van der Waals surface area contributed by atoms with E-state index in [1.807, 2.05) is 0 Å². The molecule has 1 fully saturated rings. The van der Waals surface area contributed by atoms with Gasteiger partial charge < -0.3 is 5.32 Å². The van der Waals surface area contributed by atoms with Crippen molar-refractivity contribution in [1.82, 2.24) is 4.98 Å². The van der Waals surface area contributed by atoms with E-state index in [1.54, 1.807) is 11.3 Å². The van der Waals surface area contributed by atoms with Crippen molar-refractivity contribution >= 4 is 36.5 Å². The van der Waals surface area contributed by atoms with Gasteiger partial charge in [0.15, 0.2) is 15.0 Å². The highest BCUT2D eigenvalue weighted by Crippen LogP contribution is 2.30. The smallest absolute Gasteiger partial charge is 0.184 e. The molecule has 1 N–H and O–H groups in total. The zero-order valence-electron chi connectivity index (χ0n) is 10.9. The summed E-state index contributed by atoms with van der Waals surface area (Å²) in [5, 5.41) is 4.09. The lowest BCUT2D eigenvalue weighted by Gasteiger charge is -2.07. The predicted molar refractivity (Wildman–Crippen MR) is 79.8 cm³/mol. The topological polar surface area (TPSA) is 59.1 Å². The molecular formula is C13H16N2O2S2. The molecule has 6 heteroatoms. The Morgan fingerprint density at radius 2 is 2.16 bits per heavy atom. The fraction of sp³-hybridized carbons (Fsp3) is 0.462. The third kappa shape index (κ3) is 2.60. The summed E-state index contributed by atoms with van der Waals surface area (Å²) < 4.78 is 24.0. The van der Waals surface area contributed by atoms with E-state index >= 15 is 0 Å². The lowest BCUT2D eigenvalue weighted by molar-refractivity contribution is 0.602. The number of hydrogen-bond donors (Lipinski definition) is 1. The van der Waals surface area contributed by atoms with Crippen molar-refractivity contribution in [1.29, 1.82) is 0 Å². The lowest BCUT2D eigenvalue weighted by atomic mass is 10.1. The molecule has 19 heavy (non-hydrogen) atoms. The maximum atomic E-state index is 11.4. The van der Waals surface area contributed by atoms with Crippen molar-refractivity contribution in [2.75, 3.05) is 16.8 Å². The molecule has 1 aliphatic heterocycles. The number of sulfone groups is 1. The number of nitrogens with zero attached hydrogens (tertiary/aromatic N) is 1. The molecule has 1 atom stereocenters. The zero-order valence-corrected chi connectivity index (χ0v) is 12.6. The van der Waals surface area contributed by atoms with Gasteiger partial charge in [-0.3, -0.25) is 0 Å². The number of anilines is 1. The third-order valence-corrected chi connectivity index (χ3v) is 6.09. The van der Waals surface area contributed by atoms with Crippen LogP contribution in [-0.2, 0) is 9.84 Å². The molecule has 0 radical (unpaired) electrons. The van der Waals surface area contributed by atoms with Crippen LogP contribution in [0.25, 0.3) is 10.2 Å². The van der Waals surface area contributed by atoms with Crippen molar-refractivity contribution in [3.05, 3.63) is 23.3 Å². The second-order valence-corrected chi connectivity index (χ2v) is 8.45. The summed E-state index contributed by atoms with van der Waals surface area (Å²) in [6.45, 7) is 4.13. The molecule has 1 aromatic carbocycles. The van der Waals surface area contributed by atoms with Crippen molar-refractivity contribution in [3.63, 3.8) is 0 Å². The molecule has 1 aromatic heterocycles. The van der Waals surface area contributed by atoms with Gasteiger partial charge in [-0.1, -0.05) is 17.4 Å². The SMILES string of the molecule is Cc1cc(C)c2nc(NC3CCS(=O)(=O)C3)sc2c1. The molecule has 2 heterocycles. The predicted octanol–water partition coefficient (Wildman–Crippen LogP) is 2.51. The van der Waals surface area contributed by atoms with E-state index in [-0.39, 0.29) is 17.5 Å². The fourth-order valence-corrected chi connectivity index (χ4v) is 5.31. The first-order chi connectivity index (χ1) is 8.93. The van der Waals surface area contributed by atoms with E-state index in [0.29, 0.717) is 6.42 Å². The summed E-state index contributed by atoms with van der Waals surface area (Å²) in [4.78, 5) is 4.58. The highest BCUT2D eigenvalue weighted by Gasteiger charge is 2.28. The second kappa shape index (κ2) is 4.45. The Kier molecular flexibility index (Phi) is 3.02. The number of thiazole rings is 1. The molecule has 2 aromatic rings. The summed E-state index contributed by atoms with van der Waals surface area (Å²) in [6, 6.07) is 4.24. The summed E-state index contributed by atoms with van der Waals surface area (Å²) in [5.41, 5.74) is 3.40. The monoisotopic (exact) mass is 296 g/mol. The Morgan fingerprint density at radius 3 is 2.84 bits per heavy atom. The first-order valence-corrected chi connectivity index (χ1v) is 8.91. The third-order valence-electron chi connectivity index (χ3n) is 3.39. The molecule has 1 unspecified atom stereocenters. The number of benzene rings is 1. The highest BCUT2D eigenvalue weighted by molar-refractivity contribution is 7.91. The molecular weight excluding hydrogens is 280 g/mol. The Morgan fingerprint density at radius 1 is 1.37 bits per heavy atom. The van der Waals surface area contributed by atoms with Crippen LogP contribution >= 0.6 is 11.3 Å². The summed E-state index contributed by atoms with van der Waals surface area (Å²) in [6.07, 6.45) is 0.677. The number of aryl methyl sites for hydroxylation is 2. The first-order valence-electron chi connectivity index (χ1n) is 6.28. The zero-order chi connectivity index (χ0) is 13.6. The molecule has 3 rings (SSSR count). The van der Waals surface area contributed by atoms with Gasteiger partial charge in [0.2, 0.25) is 0 Å². The molecule has 0 spiro atoms. The maximum Gasteiger partial charge on any atom is 0.184 e. The molecule has 1 saturated heterocycles. The van der Waals surface area contributed by atoms with Crippen LogP contribution in [0.4, 0.5) is 5.13 Å². The van der Waals surface area contributed by atoms with Gasteiger partial charge in [0, 0.05) is 6.04 Å². The van der Waals surface area contributed by atoms with E-state index in [9.17, 15) is 8.42 Å². The van der Waals surface area contributed by atoms with Crippen LogP contribution < -0.4 is 5.32 Å². The van der Waals surface area contributed by atoms with E-state index < -0.39 is 9.84 Å². The van der Waals surface area contributed by atoms with Crippen molar-refractivity contribution in [2.45, 2.75) is 26.3 Å². The van der Waals surface area contributed by atoms with Crippen LogP contribution in [0.5, 0.6) is 0 Å². The minimum absolute atomic E-state index is 0.00645. The van der Waals surface area contributed by atoms with Crippen LogP contribution in [0, 0.1) is 13.8 Å². The van der Waals surface area contributed by atoms with E-state index in [4.69, 9.17) is 0 Å². The molecule has 4 nitrogen and oxygen atoms in total. The maximum absolute atomic E-state index is 11.4. The summed E-state index contributed by atoms with van der Waals surface area (Å²) in [5.74, 6) is 0.509. The van der Waals surface area contributed by atoms with Gasteiger partial charge in [-0.05, 0) is 37.5 Å². The number of fused-ring (bicyclic) bond motifs is 1. The largest absolute Gasteiger partial charge is 0.358 e. The van der Waals surface area contributed by atoms with Gasteiger partial charge in [0.05, 0.1) is 21.7 Å². The number of nitrogens with one attached hydrogen (secondary N) is 1. The Balaban J connectivity index is 1.88. The number of rotatable bonds is 2. The van der Waals surface area contributed by atoms with Crippen LogP contribution in [0.1, 0.15) is 17.5 Å². The van der Waals surface area contributed by atoms with Crippen LogP contribution in [0.3, 0.4) is 0 Å². The van der Waals surface area contributed by atoms with Gasteiger partial charge in [-0.25, -0.2) is 13.4 Å². The van der Waals surface area contributed by atoms with Gasteiger partial charge in [-0.15, -0.1) is 0 Å². The van der Waals surface area contributed by atoms with Crippen LogP contribution in [0.2, 0.25) is 0 Å². The Bertz CT molecular complexity index is 734. The quantitative estimate of drug-likeness (QED) is 0.925. The molecule has 0 bridgehead atoms. The van der Waals surface area contributed by atoms with E-state index in [2.05, 4.69) is 36.3 Å². The average molecular weight is 296 g/mol. The van der Waals surface area contributed by atoms with Crippen molar-refractivity contribution in [3.8, 4) is 0 Å². The fourth-order valence-electron chi connectivity index (χ4n) is 2.52. The van der Waals surface area contributed by atoms with E-state index in [0.717, 1.165) is 15.3 Å². The van der Waals surface area contributed by atoms with Gasteiger partial charge >= 0.3 is 0 Å². The molecule has 0 aliphatic carbocycles. The summed E-state index contributed by atoms with van der Waals surface area (Å²) >= 11 is 1.60. The normalized spacial score (nSPS) is 21.9. The molecule has 0 amide bonds. The number of aromatic nitrogens is 1. The van der Waals surface area contributed by atoms with Crippen molar-refractivity contribution in [2.24, 2.45) is 0 Å². The van der Waals surface area contributed by atoms with Crippen LogP contribution in [-0.4, -0.2) is 30.9 Å². The average Bonchev–Trinajstić information content (AvgIpc) is 2.82. The Labute approximate surface area is 116 Å². The minimum atomic E-state index is -2.85. The van der Waals surface area contributed by atoms with Gasteiger partial charge in [0.1, 0.15) is 0 Å². The van der Waals surface area contributed by atoms with Gasteiger partial charge in [-0.2, -0.15) is 0 Å². The standard InChI is InChI=1S/C13H16N2O2S2/c1-8-5-9(2)12-11(6-8)18-13(15-12)14-10-3-4-19(16,17)7-10/h5-6,10H,3-4,7H2,1-2H3,(H,14,15). The lowest BCUT2D eigenvalue weighted by Crippen LogP contribution is -2.20. The molecule has 0 saturated carbocycles. The first kappa shape index (κ1) is 12.9. The minimum Gasteiger partial charge on any atom is -0.358 e.